The third kappa shape index (κ3) is 2.94. The second kappa shape index (κ2) is 5.78. The zero-order valence-corrected chi connectivity index (χ0v) is 12.2. The van der Waals surface area contributed by atoms with Crippen molar-refractivity contribution in [2.45, 2.75) is 20.3 Å². The van der Waals surface area contributed by atoms with Gasteiger partial charge in [-0.3, -0.25) is 9.48 Å². The number of hydrogen-bond acceptors (Lipinski definition) is 3. The van der Waals surface area contributed by atoms with Crippen LogP contribution in [0, 0.1) is 6.92 Å². The van der Waals surface area contributed by atoms with E-state index in [1.807, 2.05) is 6.92 Å². The molecule has 6 heteroatoms. The Labute approximate surface area is 122 Å². The quantitative estimate of drug-likeness (QED) is 0.903. The number of hydrogen-bond donors (Lipinski definition) is 2. The summed E-state index contributed by atoms with van der Waals surface area (Å²) < 4.78 is 1.49. The standard InChI is InChI=1S/C15H17N3O3/c1-4-10-8-12(18(3)17-10)14(19)16-11-7-5-6-9(2)13(11)15(20)21/h5-8H,4H2,1-3H3,(H,16,19)(H,20,21). The molecule has 0 spiro atoms. The number of aromatic nitrogens is 2. The number of nitrogens with one attached hydrogen (secondary N) is 1. The Hall–Kier alpha value is -2.63. The van der Waals surface area contributed by atoms with Gasteiger partial charge in [0, 0.05) is 7.05 Å². The van der Waals surface area contributed by atoms with Crippen LogP contribution in [0.2, 0.25) is 0 Å². The van der Waals surface area contributed by atoms with E-state index in [2.05, 4.69) is 10.4 Å². The predicted molar refractivity (Wildman–Crippen MR) is 78.7 cm³/mol. The maximum Gasteiger partial charge on any atom is 0.338 e. The molecule has 1 heterocycles. The van der Waals surface area contributed by atoms with E-state index in [1.165, 1.54) is 4.68 Å². The van der Waals surface area contributed by atoms with Gasteiger partial charge in [-0.1, -0.05) is 19.1 Å². The molecule has 0 unspecified atom stereocenters. The molecule has 2 N–H and O–H groups in total. The smallest absolute Gasteiger partial charge is 0.338 e. The summed E-state index contributed by atoms with van der Waals surface area (Å²) in [5.74, 6) is -1.44. The molecule has 0 aliphatic heterocycles. The second-order valence-corrected chi connectivity index (χ2v) is 4.75. The normalized spacial score (nSPS) is 10.4. The fourth-order valence-electron chi connectivity index (χ4n) is 2.15. The minimum atomic E-state index is -1.07. The highest BCUT2D eigenvalue weighted by Gasteiger charge is 2.18. The first-order valence-corrected chi connectivity index (χ1v) is 6.61. The van der Waals surface area contributed by atoms with Crippen molar-refractivity contribution in [1.29, 1.82) is 0 Å². The molecule has 0 saturated carbocycles. The predicted octanol–water partition coefficient (Wildman–Crippen LogP) is 2.24. The highest BCUT2D eigenvalue weighted by molar-refractivity contribution is 6.07. The minimum absolute atomic E-state index is 0.101. The van der Waals surface area contributed by atoms with Crippen LogP contribution in [0.4, 0.5) is 5.69 Å². The van der Waals surface area contributed by atoms with Crippen LogP contribution in [-0.4, -0.2) is 26.8 Å². The van der Waals surface area contributed by atoms with Crippen LogP contribution < -0.4 is 5.32 Å². The van der Waals surface area contributed by atoms with Gasteiger partial charge in [-0.05, 0) is 31.0 Å². The number of benzene rings is 1. The van der Waals surface area contributed by atoms with E-state index in [0.717, 1.165) is 12.1 Å². The Morgan fingerprint density at radius 1 is 1.38 bits per heavy atom. The summed E-state index contributed by atoms with van der Waals surface area (Å²) in [7, 11) is 1.68. The fraction of sp³-hybridized carbons (Fsp3) is 0.267. The average Bonchev–Trinajstić information content (AvgIpc) is 2.79. The second-order valence-electron chi connectivity index (χ2n) is 4.75. The third-order valence-corrected chi connectivity index (χ3v) is 3.26. The van der Waals surface area contributed by atoms with Crippen LogP contribution in [-0.2, 0) is 13.5 Å². The monoisotopic (exact) mass is 287 g/mol. The molecule has 2 rings (SSSR count). The highest BCUT2D eigenvalue weighted by Crippen LogP contribution is 2.20. The molecule has 110 valence electrons. The van der Waals surface area contributed by atoms with Crippen LogP contribution in [0.15, 0.2) is 24.3 Å². The van der Waals surface area contributed by atoms with Crippen LogP contribution in [0.5, 0.6) is 0 Å². The first-order chi connectivity index (χ1) is 9.93. The number of carboxylic acid groups (broad SMARTS) is 1. The molecular weight excluding hydrogens is 270 g/mol. The summed E-state index contributed by atoms with van der Waals surface area (Å²) in [4.78, 5) is 23.6. The van der Waals surface area contributed by atoms with Crippen molar-refractivity contribution in [2.24, 2.45) is 7.05 Å². The van der Waals surface area contributed by atoms with Crippen LogP contribution in [0.3, 0.4) is 0 Å². The van der Waals surface area contributed by atoms with Gasteiger partial charge in [0.1, 0.15) is 5.69 Å². The lowest BCUT2D eigenvalue weighted by molar-refractivity contribution is 0.0697. The molecule has 6 nitrogen and oxygen atoms in total. The zero-order valence-electron chi connectivity index (χ0n) is 12.2. The van der Waals surface area contributed by atoms with Crippen molar-refractivity contribution < 1.29 is 14.7 Å². The molecule has 0 fully saturated rings. The molecule has 21 heavy (non-hydrogen) atoms. The van der Waals surface area contributed by atoms with Gasteiger partial charge in [0.25, 0.3) is 5.91 Å². The van der Waals surface area contributed by atoms with Gasteiger partial charge in [0.05, 0.1) is 16.9 Å². The van der Waals surface area contributed by atoms with Gasteiger partial charge in [-0.25, -0.2) is 4.79 Å². The van der Waals surface area contributed by atoms with E-state index in [-0.39, 0.29) is 17.2 Å². The van der Waals surface area contributed by atoms with Crippen LogP contribution >= 0.6 is 0 Å². The number of nitrogens with zero attached hydrogens (tertiary/aromatic N) is 2. The minimum Gasteiger partial charge on any atom is -0.478 e. The first kappa shape index (κ1) is 14.8. The maximum absolute atomic E-state index is 12.3. The molecule has 0 aliphatic carbocycles. The number of rotatable bonds is 4. The fourth-order valence-corrected chi connectivity index (χ4v) is 2.15. The molecule has 0 atom stereocenters. The van der Waals surface area contributed by atoms with Crippen molar-refractivity contribution in [2.75, 3.05) is 5.32 Å². The lowest BCUT2D eigenvalue weighted by Gasteiger charge is -2.10. The van der Waals surface area contributed by atoms with E-state index in [0.29, 0.717) is 11.3 Å². The van der Waals surface area contributed by atoms with Crippen molar-refractivity contribution in [3.8, 4) is 0 Å². The van der Waals surface area contributed by atoms with E-state index in [4.69, 9.17) is 0 Å². The Morgan fingerprint density at radius 3 is 2.67 bits per heavy atom. The summed E-state index contributed by atoms with van der Waals surface area (Å²) >= 11 is 0. The Kier molecular flexibility index (Phi) is 4.07. The van der Waals surface area contributed by atoms with E-state index < -0.39 is 5.97 Å². The van der Waals surface area contributed by atoms with E-state index >= 15 is 0 Å². The summed E-state index contributed by atoms with van der Waals surface area (Å²) in [5, 5.41) is 16.1. The topological polar surface area (TPSA) is 84.2 Å². The molecule has 0 radical (unpaired) electrons. The van der Waals surface area contributed by atoms with Crippen LogP contribution in [0.1, 0.15) is 39.0 Å². The number of carbonyl (C=O) groups is 2. The first-order valence-electron chi connectivity index (χ1n) is 6.61. The van der Waals surface area contributed by atoms with E-state index in [1.54, 1.807) is 38.2 Å². The molecule has 0 saturated heterocycles. The van der Waals surface area contributed by atoms with Gasteiger partial charge < -0.3 is 10.4 Å². The SMILES string of the molecule is CCc1cc(C(=O)Nc2cccc(C)c2C(=O)O)n(C)n1. The molecule has 1 amide bonds. The van der Waals surface area contributed by atoms with Gasteiger partial charge >= 0.3 is 5.97 Å². The number of aryl methyl sites for hydroxylation is 3. The Morgan fingerprint density at radius 2 is 2.10 bits per heavy atom. The van der Waals surface area contributed by atoms with Crippen molar-refractivity contribution in [3.63, 3.8) is 0 Å². The number of carbonyl (C=O) groups excluding carboxylic acids is 1. The number of aromatic carboxylic acids is 1. The van der Waals surface area contributed by atoms with Crippen LogP contribution in [0.25, 0.3) is 0 Å². The van der Waals surface area contributed by atoms with Crippen molar-refractivity contribution in [3.05, 3.63) is 46.8 Å². The summed E-state index contributed by atoms with van der Waals surface area (Å²) in [6.45, 7) is 3.64. The molecule has 1 aromatic carbocycles. The van der Waals surface area contributed by atoms with E-state index in [9.17, 15) is 14.7 Å². The third-order valence-electron chi connectivity index (χ3n) is 3.26. The van der Waals surface area contributed by atoms with Gasteiger partial charge in [-0.15, -0.1) is 0 Å². The molecule has 2 aromatic rings. The molecular formula is C15H17N3O3. The number of amides is 1. The lowest BCUT2D eigenvalue weighted by atomic mass is 10.1. The maximum atomic E-state index is 12.3. The lowest BCUT2D eigenvalue weighted by Crippen LogP contribution is -2.18. The summed E-state index contributed by atoms with van der Waals surface area (Å²) in [6.07, 6.45) is 0.728. The highest BCUT2D eigenvalue weighted by atomic mass is 16.4. The average molecular weight is 287 g/mol. The van der Waals surface area contributed by atoms with Gasteiger partial charge in [0.15, 0.2) is 0 Å². The number of carboxylic acids is 1. The molecule has 1 aromatic heterocycles. The van der Waals surface area contributed by atoms with Gasteiger partial charge in [-0.2, -0.15) is 5.10 Å². The molecule has 0 bridgehead atoms. The Balaban J connectivity index is 2.34. The largest absolute Gasteiger partial charge is 0.478 e. The molecule has 0 aliphatic rings. The number of anilines is 1. The summed E-state index contributed by atoms with van der Waals surface area (Å²) in [6, 6.07) is 6.67. The van der Waals surface area contributed by atoms with Crippen molar-refractivity contribution >= 4 is 17.6 Å². The Bertz CT molecular complexity index is 704. The summed E-state index contributed by atoms with van der Waals surface area (Å²) in [5.41, 5.74) is 2.19. The zero-order chi connectivity index (χ0) is 15.6. The van der Waals surface area contributed by atoms with Crippen molar-refractivity contribution in [1.82, 2.24) is 9.78 Å². The van der Waals surface area contributed by atoms with Gasteiger partial charge in [0.2, 0.25) is 0 Å².